The molecule has 0 saturated carbocycles. The number of sulfonamides is 1. The van der Waals surface area contributed by atoms with Crippen molar-refractivity contribution in [3.63, 3.8) is 0 Å². The van der Waals surface area contributed by atoms with Crippen LogP contribution < -0.4 is 10.0 Å². The van der Waals surface area contributed by atoms with Gasteiger partial charge >= 0.3 is 0 Å². The van der Waals surface area contributed by atoms with Crippen molar-refractivity contribution in [2.24, 2.45) is 0 Å². The zero-order chi connectivity index (χ0) is 20.0. The third-order valence-corrected chi connectivity index (χ3v) is 6.38. The second-order valence-electron chi connectivity index (χ2n) is 6.08. The van der Waals surface area contributed by atoms with Gasteiger partial charge in [0.25, 0.3) is 10.0 Å². The van der Waals surface area contributed by atoms with Crippen LogP contribution >= 0.6 is 11.8 Å². The van der Waals surface area contributed by atoms with Gasteiger partial charge in [0.2, 0.25) is 5.91 Å². The Bertz CT molecular complexity index is 1050. The molecule has 7 heteroatoms. The molecule has 3 aromatic rings. The molecule has 0 unspecified atom stereocenters. The number of carbonyl (C=O) groups is 1. The molecule has 2 N–H and O–H groups in total. The van der Waals surface area contributed by atoms with Crippen molar-refractivity contribution in [2.75, 3.05) is 10.0 Å². The number of hydrogen-bond acceptors (Lipinski definition) is 4. The van der Waals surface area contributed by atoms with E-state index in [4.69, 9.17) is 0 Å². The summed E-state index contributed by atoms with van der Waals surface area (Å²) < 4.78 is 28.2. The molecule has 5 nitrogen and oxygen atoms in total. The van der Waals surface area contributed by atoms with E-state index < -0.39 is 10.0 Å². The Kier molecular flexibility index (Phi) is 6.38. The summed E-state index contributed by atoms with van der Waals surface area (Å²) in [5, 5.41) is 2.62. The number of hydrogen-bond donors (Lipinski definition) is 2. The van der Waals surface area contributed by atoms with E-state index in [0.29, 0.717) is 11.4 Å². The monoisotopic (exact) mass is 412 g/mol. The van der Waals surface area contributed by atoms with Crippen LogP contribution in [0.4, 0.5) is 11.4 Å². The van der Waals surface area contributed by atoms with Gasteiger partial charge in [-0.3, -0.25) is 9.52 Å². The predicted octanol–water partition coefficient (Wildman–Crippen LogP) is 4.74. The van der Waals surface area contributed by atoms with E-state index in [-0.39, 0.29) is 10.8 Å². The van der Waals surface area contributed by atoms with Gasteiger partial charge in [0.1, 0.15) is 0 Å². The molecule has 3 rings (SSSR count). The first-order chi connectivity index (χ1) is 13.4. The van der Waals surface area contributed by atoms with E-state index in [1.54, 1.807) is 36.0 Å². The number of carbonyl (C=O) groups excluding carboxylic acids is 1. The zero-order valence-corrected chi connectivity index (χ0v) is 16.9. The third kappa shape index (κ3) is 5.37. The first-order valence-corrected chi connectivity index (χ1v) is 11.1. The van der Waals surface area contributed by atoms with Gasteiger partial charge in [-0.05, 0) is 42.0 Å². The molecule has 0 aliphatic carbocycles. The molecule has 0 spiro atoms. The Morgan fingerprint density at radius 1 is 0.893 bits per heavy atom. The largest absolute Gasteiger partial charge is 0.326 e. The van der Waals surface area contributed by atoms with E-state index in [1.165, 1.54) is 24.6 Å². The van der Waals surface area contributed by atoms with Gasteiger partial charge in [-0.25, -0.2) is 8.42 Å². The zero-order valence-electron chi connectivity index (χ0n) is 15.3. The fourth-order valence-corrected chi connectivity index (χ4v) is 4.64. The van der Waals surface area contributed by atoms with Crippen molar-refractivity contribution < 1.29 is 13.2 Å². The molecule has 1 amide bonds. The van der Waals surface area contributed by atoms with Crippen LogP contribution in [0.25, 0.3) is 0 Å². The lowest BCUT2D eigenvalue weighted by atomic mass is 10.2. The summed E-state index contributed by atoms with van der Waals surface area (Å²) in [5.41, 5.74) is 2.25. The number of anilines is 2. The normalized spacial score (nSPS) is 11.0. The fraction of sp³-hybridized carbons (Fsp3) is 0.0952. The molecule has 28 heavy (non-hydrogen) atoms. The van der Waals surface area contributed by atoms with Crippen LogP contribution in [0.15, 0.2) is 88.7 Å². The number of benzene rings is 3. The number of amides is 1. The van der Waals surface area contributed by atoms with Crippen molar-refractivity contribution in [3.05, 3.63) is 84.4 Å². The molecule has 0 aliphatic heterocycles. The van der Waals surface area contributed by atoms with E-state index in [9.17, 15) is 13.2 Å². The van der Waals surface area contributed by atoms with Crippen molar-refractivity contribution in [1.82, 2.24) is 0 Å². The molecule has 0 heterocycles. The number of thioether (sulfide) groups is 1. The summed E-state index contributed by atoms with van der Waals surface area (Å²) in [5.74, 6) is 0.531. The van der Waals surface area contributed by atoms with Crippen LogP contribution in [0.1, 0.15) is 12.5 Å². The van der Waals surface area contributed by atoms with E-state index in [1.807, 2.05) is 42.5 Å². The standard InChI is InChI=1S/C21H20N2O3S2/c1-16(24)22-18-11-13-19(14-12-18)28(25,26)23-20-9-5-6-10-21(20)27-15-17-7-3-2-4-8-17/h2-14,23H,15H2,1H3,(H,22,24). The van der Waals surface area contributed by atoms with Crippen molar-refractivity contribution in [1.29, 1.82) is 0 Å². The Balaban J connectivity index is 1.76. The van der Waals surface area contributed by atoms with Crippen LogP contribution in [-0.4, -0.2) is 14.3 Å². The molecular weight excluding hydrogens is 392 g/mol. The third-order valence-electron chi connectivity index (χ3n) is 3.85. The Morgan fingerprint density at radius 2 is 1.54 bits per heavy atom. The summed E-state index contributed by atoms with van der Waals surface area (Å²) in [4.78, 5) is 12.1. The van der Waals surface area contributed by atoms with Gasteiger partial charge in [0.15, 0.2) is 0 Å². The maximum Gasteiger partial charge on any atom is 0.261 e. The molecule has 0 atom stereocenters. The summed E-state index contributed by atoms with van der Waals surface area (Å²) in [6.45, 7) is 1.40. The van der Waals surface area contributed by atoms with Gasteiger partial charge in [-0.15, -0.1) is 11.8 Å². The van der Waals surface area contributed by atoms with Gasteiger partial charge in [0, 0.05) is 23.3 Å². The topological polar surface area (TPSA) is 75.3 Å². The smallest absolute Gasteiger partial charge is 0.261 e. The van der Waals surface area contributed by atoms with Crippen LogP contribution in [0.3, 0.4) is 0 Å². The Labute approximate surface area is 169 Å². The molecule has 3 aromatic carbocycles. The Morgan fingerprint density at radius 3 is 2.21 bits per heavy atom. The van der Waals surface area contributed by atoms with E-state index >= 15 is 0 Å². The number of para-hydroxylation sites is 1. The van der Waals surface area contributed by atoms with Gasteiger partial charge < -0.3 is 5.32 Å². The molecule has 0 saturated heterocycles. The highest BCUT2D eigenvalue weighted by atomic mass is 32.2. The minimum absolute atomic E-state index is 0.129. The lowest BCUT2D eigenvalue weighted by molar-refractivity contribution is -0.114. The highest BCUT2D eigenvalue weighted by Gasteiger charge is 2.16. The summed E-state index contributed by atoms with van der Waals surface area (Å²) in [7, 11) is -3.74. The second kappa shape index (κ2) is 8.95. The molecule has 144 valence electrons. The average molecular weight is 413 g/mol. The van der Waals surface area contributed by atoms with E-state index in [2.05, 4.69) is 10.0 Å². The highest BCUT2D eigenvalue weighted by molar-refractivity contribution is 7.98. The van der Waals surface area contributed by atoms with Crippen molar-refractivity contribution in [3.8, 4) is 0 Å². The van der Waals surface area contributed by atoms with E-state index in [0.717, 1.165) is 10.6 Å². The van der Waals surface area contributed by atoms with Crippen molar-refractivity contribution >= 4 is 39.1 Å². The second-order valence-corrected chi connectivity index (χ2v) is 8.78. The van der Waals surface area contributed by atoms with Crippen LogP contribution in [0, 0.1) is 0 Å². The SMILES string of the molecule is CC(=O)Nc1ccc(S(=O)(=O)Nc2ccccc2SCc2ccccc2)cc1. The first-order valence-electron chi connectivity index (χ1n) is 8.60. The summed E-state index contributed by atoms with van der Waals surface area (Å²) in [6, 6.07) is 23.4. The molecule has 0 fully saturated rings. The maximum absolute atomic E-state index is 12.8. The highest BCUT2D eigenvalue weighted by Crippen LogP contribution is 2.31. The molecule has 0 aliphatic rings. The molecule has 0 bridgehead atoms. The summed E-state index contributed by atoms with van der Waals surface area (Å²) in [6.07, 6.45) is 0. The van der Waals surface area contributed by atoms with Gasteiger partial charge in [-0.1, -0.05) is 42.5 Å². The lowest BCUT2D eigenvalue weighted by Crippen LogP contribution is -2.14. The predicted molar refractivity (Wildman–Crippen MR) is 114 cm³/mol. The van der Waals surface area contributed by atoms with Crippen molar-refractivity contribution in [2.45, 2.75) is 22.5 Å². The molecule has 0 radical (unpaired) electrons. The fourth-order valence-electron chi connectivity index (χ4n) is 2.54. The molecular formula is C21H20N2O3S2. The lowest BCUT2D eigenvalue weighted by Gasteiger charge is -2.13. The summed E-state index contributed by atoms with van der Waals surface area (Å²) >= 11 is 1.57. The van der Waals surface area contributed by atoms with Gasteiger partial charge in [-0.2, -0.15) is 0 Å². The van der Waals surface area contributed by atoms with Gasteiger partial charge in [0.05, 0.1) is 10.6 Å². The quantitative estimate of drug-likeness (QED) is 0.550. The molecule has 0 aromatic heterocycles. The van der Waals surface area contributed by atoms with Crippen LogP contribution in [0.2, 0.25) is 0 Å². The minimum atomic E-state index is -3.74. The maximum atomic E-state index is 12.8. The first kappa shape index (κ1) is 20.0. The average Bonchev–Trinajstić information content (AvgIpc) is 2.68. The number of nitrogens with one attached hydrogen (secondary N) is 2. The number of rotatable bonds is 7. The van der Waals surface area contributed by atoms with Crippen LogP contribution in [-0.2, 0) is 20.6 Å². The van der Waals surface area contributed by atoms with Crippen LogP contribution in [0.5, 0.6) is 0 Å². The minimum Gasteiger partial charge on any atom is -0.326 e. The Hall–Kier alpha value is -2.77.